The first-order chi connectivity index (χ1) is 17.8. The van der Waals surface area contributed by atoms with E-state index >= 15 is 0 Å². The van der Waals surface area contributed by atoms with Gasteiger partial charge in [-0.3, -0.25) is 0 Å². The number of fused-ring (bicyclic) bond motifs is 1. The zero-order valence-electron chi connectivity index (χ0n) is 19.0. The summed E-state index contributed by atoms with van der Waals surface area (Å²) in [6.45, 7) is 0.369. The Morgan fingerprint density at radius 2 is 1.73 bits per heavy atom. The Hall–Kier alpha value is -4.80. The van der Waals surface area contributed by atoms with E-state index in [1.54, 1.807) is 30.5 Å². The number of anilines is 4. The standard InChI is InChI=1S/C26H19F4N5O2/c27-21-11-6-16(26(28,29)30)14-22(21)34-25(36)33-18-7-9-19(10-8-18)35-15-31-24-20(12-13-37-24)23(35)32-17-4-2-1-3-5-17/h1-14,31H,15H2,(H2,33,34,36). The SMILES string of the molecule is O=C(Nc1ccc(N2CNc3occc3C2=Nc2ccccc2)cc1)Nc1cc(C(F)(F)F)ccc1F. The first kappa shape index (κ1) is 23.9. The number of amides is 2. The topological polar surface area (TPSA) is 81.9 Å². The molecule has 3 aromatic carbocycles. The lowest BCUT2D eigenvalue weighted by atomic mass is 10.2. The second kappa shape index (κ2) is 9.69. The highest BCUT2D eigenvalue weighted by Gasteiger charge is 2.31. The highest BCUT2D eigenvalue weighted by molar-refractivity contribution is 6.15. The molecule has 37 heavy (non-hydrogen) atoms. The van der Waals surface area contributed by atoms with Gasteiger partial charge in [-0.25, -0.2) is 14.2 Å². The monoisotopic (exact) mass is 509 g/mol. The summed E-state index contributed by atoms with van der Waals surface area (Å²) >= 11 is 0. The summed E-state index contributed by atoms with van der Waals surface area (Å²) in [5.41, 5.74) is 0.986. The molecular weight excluding hydrogens is 490 g/mol. The van der Waals surface area contributed by atoms with Gasteiger partial charge in [-0.1, -0.05) is 18.2 Å². The van der Waals surface area contributed by atoms with Crippen molar-refractivity contribution in [2.75, 3.05) is 27.5 Å². The number of para-hydroxylation sites is 1. The van der Waals surface area contributed by atoms with Gasteiger partial charge in [-0.2, -0.15) is 13.2 Å². The number of furan rings is 1. The number of halogens is 4. The number of alkyl halides is 3. The van der Waals surface area contributed by atoms with Gasteiger partial charge in [0.25, 0.3) is 0 Å². The quantitative estimate of drug-likeness (QED) is 0.258. The fraction of sp³-hybridized carbons (Fsp3) is 0.0769. The van der Waals surface area contributed by atoms with Crippen LogP contribution >= 0.6 is 0 Å². The normalized spacial score (nSPS) is 14.2. The van der Waals surface area contributed by atoms with Crippen LogP contribution in [0.1, 0.15) is 11.1 Å². The summed E-state index contributed by atoms with van der Waals surface area (Å²) < 4.78 is 58.2. The van der Waals surface area contributed by atoms with Crippen molar-refractivity contribution in [2.24, 2.45) is 4.99 Å². The van der Waals surface area contributed by atoms with Gasteiger partial charge in [-0.05, 0) is 60.7 Å². The fourth-order valence-corrected chi connectivity index (χ4v) is 3.76. The molecule has 0 fully saturated rings. The lowest BCUT2D eigenvalue weighted by molar-refractivity contribution is -0.137. The first-order valence-corrected chi connectivity index (χ1v) is 11.1. The number of aliphatic imine (C=N–C) groups is 1. The lowest BCUT2D eigenvalue weighted by Crippen LogP contribution is -2.40. The third kappa shape index (κ3) is 5.25. The minimum absolute atomic E-state index is 0.351. The number of amidine groups is 1. The van der Waals surface area contributed by atoms with Gasteiger partial charge in [0, 0.05) is 11.4 Å². The average molecular weight is 509 g/mol. The molecule has 11 heteroatoms. The van der Waals surface area contributed by atoms with E-state index in [-0.39, 0.29) is 0 Å². The molecule has 188 valence electrons. The molecule has 1 aliphatic heterocycles. The highest BCUT2D eigenvalue weighted by atomic mass is 19.4. The molecule has 0 aliphatic carbocycles. The first-order valence-electron chi connectivity index (χ1n) is 11.1. The number of nitrogens with one attached hydrogen (secondary N) is 3. The van der Waals surface area contributed by atoms with Crippen LogP contribution in [-0.4, -0.2) is 18.5 Å². The van der Waals surface area contributed by atoms with Crippen LogP contribution in [0.15, 0.2) is 94.5 Å². The van der Waals surface area contributed by atoms with E-state index in [1.165, 1.54) is 0 Å². The third-order valence-electron chi connectivity index (χ3n) is 5.53. The molecule has 0 spiro atoms. The second-order valence-electron chi connectivity index (χ2n) is 8.02. The van der Waals surface area contributed by atoms with Gasteiger partial charge in [0.15, 0.2) is 0 Å². The molecule has 1 aliphatic rings. The summed E-state index contributed by atoms with van der Waals surface area (Å²) in [7, 11) is 0. The molecule has 5 rings (SSSR count). The van der Waals surface area contributed by atoms with Crippen molar-refractivity contribution in [1.29, 1.82) is 0 Å². The number of nitrogens with zero attached hydrogens (tertiary/aromatic N) is 2. The van der Waals surface area contributed by atoms with Gasteiger partial charge >= 0.3 is 12.2 Å². The minimum Gasteiger partial charge on any atom is -0.448 e. The Labute approximate surface area is 208 Å². The minimum atomic E-state index is -4.67. The van der Waals surface area contributed by atoms with Gasteiger partial charge in [0.1, 0.15) is 11.7 Å². The molecule has 0 bridgehead atoms. The zero-order chi connectivity index (χ0) is 26.0. The predicted octanol–water partition coefficient (Wildman–Crippen LogP) is 7.05. The summed E-state index contributed by atoms with van der Waals surface area (Å²) in [5.74, 6) is 0.273. The predicted molar refractivity (Wildman–Crippen MR) is 133 cm³/mol. The lowest BCUT2D eigenvalue weighted by Gasteiger charge is -2.30. The van der Waals surface area contributed by atoms with Crippen LogP contribution in [0.5, 0.6) is 0 Å². The number of carbonyl (C=O) groups excluding carboxylic acids is 1. The van der Waals surface area contributed by atoms with Crippen LogP contribution in [-0.2, 0) is 6.18 Å². The van der Waals surface area contributed by atoms with Gasteiger partial charge in [0.2, 0.25) is 5.88 Å². The van der Waals surface area contributed by atoms with Crippen molar-refractivity contribution >= 4 is 40.5 Å². The Bertz CT molecular complexity index is 1450. The molecule has 0 radical (unpaired) electrons. The van der Waals surface area contributed by atoms with Crippen molar-refractivity contribution in [2.45, 2.75) is 6.18 Å². The smallest absolute Gasteiger partial charge is 0.416 e. The molecule has 3 N–H and O–H groups in total. The molecule has 0 saturated heterocycles. The van der Waals surface area contributed by atoms with E-state index in [2.05, 4.69) is 16.0 Å². The molecule has 0 unspecified atom stereocenters. The van der Waals surface area contributed by atoms with E-state index < -0.39 is 29.3 Å². The maximum Gasteiger partial charge on any atom is 0.416 e. The Kier molecular flexibility index (Phi) is 6.26. The molecular formula is C26H19F4N5O2. The molecule has 1 aromatic heterocycles. The van der Waals surface area contributed by atoms with Crippen LogP contribution in [0, 0.1) is 5.82 Å². The Balaban J connectivity index is 1.33. The number of hydrogen-bond donors (Lipinski definition) is 3. The number of urea groups is 1. The zero-order valence-corrected chi connectivity index (χ0v) is 19.0. The average Bonchev–Trinajstić information content (AvgIpc) is 3.36. The largest absolute Gasteiger partial charge is 0.448 e. The molecule has 2 heterocycles. The van der Waals surface area contributed by atoms with Gasteiger partial charge in [0.05, 0.1) is 35.4 Å². The number of rotatable bonds is 4. The third-order valence-corrected chi connectivity index (χ3v) is 5.53. The van der Waals surface area contributed by atoms with E-state index in [0.717, 1.165) is 16.9 Å². The van der Waals surface area contributed by atoms with Crippen molar-refractivity contribution in [3.63, 3.8) is 0 Å². The van der Waals surface area contributed by atoms with E-state index in [0.29, 0.717) is 42.3 Å². The van der Waals surface area contributed by atoms with E-state index in [9.17, 15) is 22.4 Å². The summed E-state index contributed by atoms with van der Waals surface area (Å²) in [4.78, 5) is 19.0. The van der Waals surface area contributed by atoms with Crippen LogP contribution < -0.4 is 20.9 Å². The van der Waals surface area contributed by atoms with Crippen molar-refractivity contribution in [3.8, 4) is 0 Å². The van der Waals surface area contributed by atoms with Crippen LogP contribution in [0.2, 0.25) is 0 Å². The molecule has 0 atom stereocenters. The molecule has 2 amide bonds. The Morgan fingerprint density at radius 1 is 0.973 bits per heavy atom. The molecule has 0 saturated carbocycles. The van der Waals surface area contributed by atoms with Crippen LogP contribution in [0.4, 0.5) is 51.0 Å². The van der Waals surface area contributed by atoms with Crippen molar-refractivity contribution in [1.82, 2.24) is 0 Å². The van der Waals surface area contributed by atoms with E-state index in [1.807, 2.05) is 41.3 Å². The number of benzene rings is 3. The van der Waals surface area contributed by atoms with Crippen molar-refractivity contribution < 1.29 is 26.8 Å². The summed E-state index contributed by atoms with van der Waals surface area (Å²) in [5, 5.41) is 7.79. The molecule has 7 nitrogen and oxygen atoms in total. The fourth-order valence-electron chi connectivity index (χ4n) is 3.76. The number of carbonyl (C=O) groups is 1. The van der Waals surface area contributed by atoms with Crippen LogP contribution in [0.25, 0.3) is 0 Å². The highest BCUT2D eigenvalue weighted by Crippen LogP contribution is 2.32. The maximum atomic E-state index is 14.0. The van der Waals surface area contributed by atoms with Gasteiger partial charge in [-0.15, -0.1) is 0 Å². The van der Waals surface area contributed by atoms with E-state index in [4.69, 9.17) is 9.41 Å². The Morgan fingerprint density at radius 3 is 2.46 bits per heavy atom. The summed E-state index contributed by atoms with van der Waals surface area (Å²) in [6, 6.07) is 18.9. The maximum absolute atomic E-state index is 14.0. The number of hydrogen-bond acceptors (Lipinski definition) is 4. The van der Waals surface area contributed by atoms with Crippen molar-refractivity contribution in [3.05, 3.63) is 102 Å². The second-order valence-corrected chi connectivity index (χ2v) is 8.02. The van der Waals surface area contributed by atoms with Gasteiger partial charge < -0.3 is 25.3 Å². The molecule has 4 aromatic rings. The van der Waals surface area contributed by atoms with Crippen LogP contribution in [0.3, 0.4) is 0 Å². The summed E-state index contributed by atoms with van der Waals surface area (Å²) in [6.07, 6.45) is -3.10.